The van der Waals surface area contributed by atoms with Gasteiger partial charge in [0.2, 0.25) is 0 Å². The predicted octanol–water partition coefficient (Wildman–Crippen LogP) is 2.08. The second-order valence-electron chi connectivity index (χ2n) is 7.46. The zero-order valence-electron chi connectivity index (χ0n) is 13.9. The Kier molecular flexibility index (Phi) is 3.52. The number of aryl methyl sites for hydroxylation is 1. The minimum absolute atomic E-state index is 0.721. The lowest BCUT2D eigenvalue weighted by atomic mass is 10.0. The number of likely N-dealkylation sites (tertiary alicyclic amines) is 1. The number of anilines is 1. The number of hydrogen-bond acceptors (Lipinski definition) is 7. The van der Waals surface area contributed by atoms with Gasteiger partial charge in [-0.25, -0.2) is 9.97 Å². The Labute approximate surface area is 145 Å². The van der Waals surface area contributed by atoms with Gasteiger partial charge in [-0.1, -0.05) is 11.3 Å². The molecule has 126 valence electrons. The van der Waals surface area contributed by atoms with E-state index in [0.29, 0.717) is 0 Å². The van der Waals surface area contributed by atoms with Crippen LogP contribution in [0.1, 0.15) is 34.3 Å². The van der Waals surface area contributed by atoms with Gasteiger partial charge in [0.05, 0.1) is 6.54 Å². The molecule has 2 aliphatic heterocycles. The Morgan fingerprint density at radius 1 is 1.12 bits per heavy atom. The normalized spacial score (nSPS) is 27.0. The molecule has 7 heteroatoms. The van der Waals surface area contributed by atoms with Crippen molar-refractivity contribution in [2.24, 2.45) is 11.8 Å². The van der Waals surface area contributed by atoms with Crippen molar-refractivity contribution in [2.75, 3.05) is 31.1 Å². The summed E-state index contributed by atoms with van der Waals surface area (Å²) in [5.41, 5.74) is 1.18. The first-order valence-corrected chi connectivity index (χ1v) is 9.64. The fourth-order valence-electron chi connectivity index (χ4n) is 4.13. The SMILES string of the molecule is Cc1cncnc1N1CC2CN(Cc3nnc(C4CC4)s3)CC2C1. The van der Waals surface area contributed by atoms with Crippen LogP contribution in [0.15, 0.2) is 12.5 Å². The molecule has 0 N–H and O–H groups in total. The van der Waals surface area contributed by atoms with E-state index in [1.807, 2.05) is 17.5 Å². The first-order chi connectivity index (χ1) is 11.8. The molecule has 3 aliphatic rings. The van der Waals surface area contributed by atoms with Gasteiger partial charge in [-0.05, 0) is 31.6 Å². The highest BCUT2D eigenvalue weighted by atomic mass is 32.1. The zero-order chi connectivity index (χ0) is 16.1. The summed E-state index contributed by atoms with van der Waals surface area (Å²) in [5, 5.41) is 11.2. The molecule has 0 radical (unpaired) electrons. The summed E-state index contributed by atoms with van der Waals surface area (Å²) >= 11 is 1.83. The van der Waals surface area contributed by atoms with E-state index in [9.17, 15) is 0 Å². The van der Waals surface area contributed by atoms with Crippen molar-refractivity contribution < 1.29 is 0 Å². The fraction of sp³-hybridized carbons (Fsp3) is 0.647. The number of aromatic nitrogens is 4. The largest absolute Gasteiger partial charge is 0.356 e. The molecule has 2 saturated heterocycles. The fourth-order valence-corrected chi connectivity index (χ4v) is 5.19. The summed E-state index contributed by atoms with van der Waals surface area (Å²) in [6.45, 7) is 7.64. The van der Waals surface area contributed by atoms with E-state index >= 15 is 0 Å². The van der Waals surface area contributed by atoms with E-state index in [2.05, 4.69) is 36.9 Å². The molecule has 2 atom stereocenters. The quantitative estimate of drug-likeness (QED) is 0.848. The van der Waals surface area contributed by atoms with Gasteiger partial charge in [0.25, 0.3) is 0 Å². The van der Waals surface area contributed by atoms with Crippen molar-refractivity contribution in [1.29, 1.82) is 0 Å². The molecule has 2 aromatic heterocycles. The van der Waals surface area contributed by atoms with Crippen molar-refractivity contribution in [3.05, 3.63) is 28.1 Å². The molecule has 2 unspecified atom stereocenters. The van der Waals surface area contributed by atoms with Crippen LogP contribution in [0.2, 0.25) is 0 Å². The number of nitrogens with zero attached hydrogens (tertiary/aromatic N) is 6. The second kappa shape index (κ2) is 5.74. The summed E-state index contributed by atoms with van der Waals surface area (Å²) in [6.07, 6.45) is 6.19. The van der Waals surface area contributed by atoms with Gasteiger partial charge in [-0.3, -0.25) is 4.90 Å². The van der Waals surface area contributed by atoms with Gasteiger partial charge in [0.1, 0.15) is 22.2 Å². The Morgan fingerprint density at radius 3 is 2.62 bits per heavy atom. The van der Waals surface area contributed by atoms with Gasteiger partial charge in [0.15, 0.2) is 0 Å². The topological polar surface area (TPSA) is 58.0 Å². The molecule has 24 heavy (non-hydrogen) atoms. The Balaban J connectivity index is 1.21. The highest BCUT2D eigenvalue weighted by Gasteiger charge is 2.41. The van der Waals surface area contributed by atoms with E-state index in [1.54, 1.807) is 6.33 Å². The second-order valence-corrected chi connectivity index (χ2v) is 8.55. The van der Waals surface area contributed by atoms with Crippen molar-refractivity contribution in [3.63, 3.8) is 0 Å². The van der Waals surface area contributed by atoms with Crippen molar-refractivity contribution in [1.82, 2.24) is 25.1 Å². The van der Waals surface area contributed by atoms with Gasteiger partial charge >= 0.3 is 0 Å². The van der Waals surface area contributed by atoms with Crippen molar-refractivity contribution in [3.8, 4) is 0 Å². The molecule has 0 aromatic carbocycles. The maximum atomic E-state index is 4.48. The average Bonchev–Trinajstić information content (AvgIpc) is 3.02. The molecule has 0 bridgehead atoms. The van der Waals surface area contributed by atoms with Crippen LogP contribution >= 0.6 is 11.3 Å². The van der Waals surface area contributed by atoms with Crippen LogP contribution < -0.4 is 4.90 Å². The first-order valence-electron chi connectivity index (χ1n) is 8.82. The van der Waals surface area contributed by atoms with Crippen LogP contribution in [0.4, 0.5) is 5.82 Å². The van der Waals surface area contributed by atoms with Gasteiger partial charge in [-0.2, -0.15) is 0 Å². The summed E-state index contributed by atoms with van der Waals surface area (Å²) in [4.78, 5) is 13.6. The lowest BCUT2D eigenvalue weighted by Gasteiger charge is -2.22. The number of rotatable bonds is 4. The van der Waals surface area contributed by atoms with Crippen LogP contribution in [0.5, 0.6) is 0 Å². The van der Waals surface area contributed by atoms with E-state index in [0.717, 1.165) is 43.2 Å². The summed E-state index contributed by atoms with van der Waals surface area (Å²) in [5.74, 6) is 3.33. The molecular weight excluding hydrogens is 320 g/mol. The molecule has 1 aliphatic carbocycles. The van der Waals surface area contributed by atoms with Gasteiger partial charge < -0.3 is 4.90 Å². The lowest BCUT2D eigenvalue weighted by molar-refractivity contribution is 0.307. The average molecular weight is 342 g/mol. The molecule has 0 amide bonds. The first kappa shape index (κ1) is 14.7. The minimum atomic E-state index is 0.721. The Bertz CT molecular complexity index is 728. The highest BCUT2D eigenvalue weighted by Crippen LogP contribution is 2.41. The molecule has 5 rings (SSSR count). The smallest absolute Gasteiger partial charge is 0.134 e. The van der Waals surface area contributed by atoms with Crippen molar-refractivity contribution in [2.45, 2.75) is 32.2 Å². The predicted molar refractivity (Wildman–Crippen MR) is 93.1 cm³/mol. The van der Waals surface area contributed by atoms with E-state index in [4.69, 9.17) is 0 Å². The molecule has 6 nitrogen and oxygen atoms in total. The zero-order valence-corrected chi connectivity index (χ0v) is 14.7. The molecule has 2 aromatic rings. The van der Waals surface area contributed by atoms with Crippen LogP contribution in [0.25, 0.3) is 0 Å². The Morgan fingerprint density at radius 2 is 1.92 bits per heavy atom. The van der Waals surface area contributed by atoms with E-state index in [-0.39, 0.29) is 0 Å². The molecule has 1 saturated carbocycles. The van der Waals surface area contributed by atoms with Crippen LogP contribution in [0.3, 0.4) is 0 Å². The third-order valence-electron chi connectivity index (χ3n) is 5.50. The van der Waals surface area contributed by atoms with E-state index in [1.165, 1.54) is 41.5 Å². The maximum absolute atomic E-state index is 4.48. The molecule has 0 spiro atoms. The number of hydrogen-bond donors (Lipinski definition) is 0. The standard InChI is InChI=1S/C17H22N6S/c1-11-4-18-10-19-16(11)23-7-13-5-22(6-14(13)8-23)9-15-20-21-17(24-15)12-2-3-12/h4,10,12-14H,2-3,5-9H2,1H3. The lowest BCUT2D eigenvalue weighted by Crippen LogP contribution is -2.29. The van der Waals surface area contributed by atoms with Gasteiger partial charge in [-0.15, -0.1) is 10.2 Å². The Hall–Kier alpha value is -1.60. The maximum Gasteiger partial charge on any atom is 0.134 e. The van der Waals surface area contributed by atoms with Crippen LogP contribution in [-0.2, 0) is 6.54 Å². The summed E-state index contributed by atoms with van der Waals surface area (Å²) in [6, 6.07) is 0. The summed E-state index contributed by atoms with van der Waals surface area (Å²) < 4.78 is 0. The summed E-state index contributed by atoms with van der Waals surface area (Å²) in [7, 11) is 0. The monoisotopic (exact) mass is 342 g/mol. The molecule has 3 fully saturated rings. The highest BCUT2D eigenvalue weighted by molar-refractivity contribution is 7.11. The van der Waals surface area contributed by atoms with Crippen LogP contribution in [-0.4, -0.2) is 51.2 Å². The minimum Gasteiger partial charge on any atom is -0.356 e. The third kappa shape index (κ3) is 2.69. The molecule has 4 heterocycles. The van der Waals surface area contributed by atoms with E-state index < -0.39 is 0 Å². The van der Waals surface area contributed by atoms with Crippen molar-refractivity contribution >= 4 is 17.2 Å². The third-order valence-corrected chi connectivity index (χ3v) is 6.57. The molecular formula is C17H22N6S. The van der Waals surface area contributed by atoms with Crippen LogP contribution in [0, 0.1) is 18.8 Å². The number of fused-ring (bicyclic) bond motifs is 1. The van der Waals surface area contributed by atoms with Gasteiger partial charge in [0, 0.05) is 43.9 Å².